The molecule has 0 N–H and O–H groups in total. The van der Waals surface area contributed by atoms with Crippen LogP contribution in [-0.2, 0) is 12.8 Å². The molecule has 0 aliphatic carbocycles. The number of alkyl halides is 1. The van der Waals surface area contributed by atoms with E-state index in [9.17, 15) is 4.39 Å². The lowest BCUT2D eigenvalue weighted by molar-refractivity contribution is 0.121. The first-order valence-corrected chi connectivity index (χ1v) is 9.80. The van der Waals surface area contributed by atoms with Crippen molar-refractivity contribution >= 4 is 0 Å². The van der Waals surface area contributed by atoms with Gasteiger partial charge in [-0.2, -0.15) is 0 Å². The molecule has 1 aliphatic rings. The van der Waals surface area contributed by atoms with Crippen LogP contribution < -0.4 is 9.47 Å². The van der Waals surface area contributed by atoms with Crippen LogP contribution in [0.5, 0.6) is 11.5 Å². The molecule has 27 heavy (non-hydrogen) atoms. The van der Waals surface area contributed by atoms with Gasteiger partial charge in [-0.05, 0) is 73.7 Å². The Labute approximate surface area is 162 Å². The quantitative estimate of drug-likeness (QED) is 0.680. The number of likely N-dealkylation sites (tertiary alicyclic amines) is 1. The van der Waals surface area contributed by atoms with Crippen molar-refractivity contribution in [2.45, 2.75) is 31.9 Å². The fourth-order valence-electron chi connectivity index (χ4n) is 3.81. The molecule has 0 saturated carbocycles. The fraction of sp³-hybridized carbons (Fsp3) is 0.478. The van der Waals surface area contributed by atoms with Crippen molar-refractivity contribution in [2.24, 2.45) is 5.92 Å². The number of ether oxygens (including phenoxy) is 2. The van der Waals surface area contributed by atoms with Gasteiger partial charge >= 0.3 is 0 Å². The molecule has 2 aromatic rings. The van der Waals surface area contributed by atoms with Crippen molar-refractivity contribution in [3.05, 3.63) is 59.7 Å². The molecule has 1 aliphatic heterocycles. The van der Waals surface area contributed by atoms with E-state index in [0.29, 0.717) is 6.42 Å². The normalized spacial score (nSPS) is 16.9. The van der Waals surface area contributed by atoms with Crippen LogP contribution in [-0.4, -0.2) is 44.9 Å². The average Bonchev–Trinajstić information content (AvgIpc) is 2.73. The standard InChI is InChI=1S/C23H30FNO2/c1-26-21-8-6-19(7-9-21)17-23(24)20-11-14-25(15-12-20)13-10-18-4-3-5-22(16-18)27-2/h3-9,16,20,23H,10-15,17H2,1-2H3. The summed E-state index contributed by atoms with van der Waals surface area (Å²) in [5.41, 5.74) is 2.34. The van der Waals surface area contributed by atoms with Gasteiger partial charge in [-0.15, -0.1) is 0 Å². The lowest BCUT2D eigenvalue weighted by atomic mass is 9.88. The van der Waals surface area contributed by atoms with E-state index in [2.05, 4.69) is 17.0 Å². The molecule has 1 saturated heterocycles. The van der Waals surface area contributed by atoms with Crippen LogP contribution in [0.15, 0.2) is 48.5 Å². The first kappa shape index (κ1) is 19.7. The molecular formula is C23H30FNO2. The van der Waals surface area contributed by atoms with Crippen LogP contribution in [0.3, 0.4) is 0 Å². The van der Waals surface area contributed by atoms with Crippen molar-refractivity contribution in [3.63, 3.8) is 0 Å². The lowest BCUT2D eigenvalue weighted by Gasteiger charge is -2.33. The molecule has 146 valence electrons. The Morgan fingerprint density at radius 1 is 0.963 bits per heavy atom. The molecule has 2 aromatic carbocycles. The minimum Gasteiger partial charge on any atom is -0.497 e. The molecule has 0 bridgehead atoms. The zero-order valence-corrected chi connectivity index (χ0v) is 16.4. The third-order valence-electron chi connectivity index (χ3n) is 5.58. The number of hydrogen-bond acceptors (Lipinski definition) is 3. The summed E-state index contributed by atoms with van der Waals surface area (Å²) in [4.78, 5) is 2.45. The van der Waals surface area contributed by atoms with E-state index >= 15 is 0 Å². The predicted molar refractivity (Wildman–Crippen MR) is 107 cm³/mol. The van der Waals surface area contributed by atoms with Gasteiger partial charge in [-0.3, -0.25) is 0 Å². The molecule has 3 nitrogen and oxygen atoms in total. The topological polar surface area (TPSA) is 21.7 Å². The number of hydrogen-bond donors (Lipinski definition) is 0. The smallest absolute Gasteiger partial charge is 0.119 e. The van der Waals surface area contributed by atoms with Crippen LogP contribution in [0.25, 0.3) is 0 Å². The molecule has 0 aromatic heterocycles. The number of nitrogens with zero attached hydrogens (tertiary/aromatic N) is 1. The van der Waals surface area contributed by atoms with Crippen molar-refractivity contribution in [1.29, 1.82) is 0 Å². The fourth-order valence-corrected chi connectivity index (χ4v) is 3.81. The van der Waals surface area contributed by atoms with Gasteiger partial charge in [0.2, 0.25) is 0 Å². The zero-order valence-electron chi connectivity index (χ0n) is 16.4. The molecule has 3 rings (SSSR count). The van der Waals surface area contributed by atoms with Crippen molar-refractivity contribution in [1.82, 2.24) is 4.90 Å². The van der Waals surface area contributed by atoms with Gasteiger partial charge in [0.25, 0.3) is 0 Å². The van der Waals surface area contributed by atoms with E-state index in [1.807, 2.05) is 36.4 Å². The second-order valence-corrected chi connectivity index (χ2v) is 7.35. The number of piperidine rings is 1. The van der Waals surface area contributed by atoms with Crippen LogP contribution in [0, 0.1) is 5.92 Å². The molecule has 4 heteroatoms. The molecule has 0 radical (unpaired) electrons. The van der Waals surface area contributed by atoms with Crippen molar-refractivity contribution < 1.29 is 13.9 Å². The number of methoxy groups -OCH3 is 2. The maximum atomic E-state index is 14.8. The van der Waals surface area contributed by atoms with E-state index in [-0.39, 0.29) is 5.92 Å². The summed E-state index contributed by atoms with van der Waals surface area (Å²) in [5, 5.41) is 0. The Kier molecular flexibility index (Phi) is 7.11. The number of rotatable bonds is 8. The number of halogens is 1. The minimum atomic E-state index is -0.765. The van der Waals surface area contributed by atoms with E-state index in [0.717, 1.165) is 56.0 Å². The Morgan fingerprint density at radius 2 is 1.67 bits per heavy atom. The maximum absolute atomic E-state index is 14.8. The third-order valence-corrected chi connectivity index (χ3v) is 5.58. The van der Waals surface area contributed by atoms with Crippen LogP contribution in [0.2, 0.25) is 0 Å². The summed E-state index contributed by atoms with van der Waals surface area (Å²) in [7, 11) is 3.35. The van der Waals surface area contributed by atoms with Crippen molar-refractivity contribution in [2.75, 3.05) is 33.9 Å². The minimum absolute atomic E-state index is 0.167. The van der Waals surface area contributed by atoms with E-state index in [1.165, 1.54) is 5.56 Å². The SMILES string of the molecule is COc1ccc(CC(F)C2CCN(CCc3cccc(OC)c3)CC2)cc1. The summed E-state index contributed by atoms with van der Waals surface area (Å²) >= 11 is 0. The highest BCUT2D eigenvalue weighted by Gasteiger charge is 2.26. The molecule has 1 fully saturated rings. The Hall–Kier alpha value is -2.07. The molecule has 1 atom stereocenters. The highest BCUT2D eigenvalue weighted by Crippen LogP contribution is 2.26. The molecule has 1 heterocycles. The summed E-state index contributed by atoms with van der Waals surface area (Å²) in [5.74, 6) is 1.89. The van der Waals surface area contributed by atoms with Crippen LogP contribution >= 0.6 is 0 Å². The first-order valence-electron chi connectivity index (χ1n) is 9.80. The van der Waals surface area contributed by atoms with E-state index < -0.39 is 6.17 Å². The predicted octanol–water partition coefficient (Wildman–Crippen LogP) is 4.54. The van der Waals surface area contributed by atoms with Crippen molar-refractivity contribution in [3.8, 4) is 11.5 Å². The highest BCUT2D eigenvalue weighted by atomic mass is 19.1. The Balaban J connectivity index is 1.42. The van der Waals surface area contributed by atoms with Gasteiger partial charge in [-0.25, -0.2) is 4.39 Å². The first-order chi connectivity index (χ1) is 13.2. The molecule has 1 unspecified atom stereocenters. The van der Waals surface area contributed by atoms with E-state index in [1.54, 1.807) is 14.2 Å². The summed E-state index contributed by atoms with van der Waals surface area (Å²) in [6.45, 7) is 2.99. The second-order valence-electron chi connectivity index (χ2n) is 7.35. The van der Waals surface area contributed by atoms with E-state index in [4.69, 9.17) is 9.47 Å². The van der Waals surface area contributed by atoms with Gasteiger partial charge in [0.15, 0.2) is 0 Å². The zero-order chi connectivity index (χ0) is 19.1. The monoisotopic (exact) mass is 371 g/mol. The summed E-state index contributed by atoms with van der Waals surface area (Å²) in [6.07, 6.45) is 2.62. The highest BCUT2D eigenvalue weighted by molar-refractivity contribution is 5.29. The summed E-state index contributed by atoms with van der Waals surface area (Å²) in [6, 6.07) is 16.0. The van der Waals surface area contributed by atoms with Crippen LogP contribution in [0.1, 0.15) is 24.0 Å². The van der Waals surface area contributed by atoms with Gasteiger partial charge in [0.1, 0.15) is 17.7 Å². The second kappa shape index (κ2) is 9.75. The van der Waals surface area contributed by atoms with Gasteiger partial charge in [0, 0.05) is 13.0 Å². The number of benzene rings is 2. The maximum Gasteiger partial charge on any atom is 0.119 e. The van der Waals surface area contributed by atoms with Gasteiger partial charge < -0.3 is 14.4 Å². The molecular weight excluding hydrogens is 341 g/mol. The largest absolute Gasteiger partial charge is 0.497 e. The molecule has 0 spiro atoms. The van der Waals surface area contributed by atoms with Gasteiger partial charge in [0.05, 0.1) is 14.2 Å². The summed E-state index contributed by atoms with van der Waals surface area (Å²) < 4.78 is 25.2. The van der Waals surface area contributed by atoms with Crippen LogP contribution in [0.4, 0.5) is 4.39 Å². The average molecular weight is 371 g/mol. The lowest BCUT2D eigenvalue weighted by Crippen LogP contribution is -2.38. The third kappa shape index (κ3) is 5.70. The Morgan fingerprint density at radius 3 is 2.33 bits per heavy atom. The van der Waals surface area contributed by atoms with Gasteiger partial charge in [-0.1, -0.05) is 24.3 Å². The Bertz CT molecular complexity index is 696. The molecule has 0 amide bonds.